The fourth-order valence-corrected chi connectivity index (χ4v) is 2.66. The molecule has 4 rings (SSSR count). The van der Waals surface area contributed by atoms with Gasteiger partial charge in [0.05, 0.1) is 5.69 Å². The number of benzene rings is 1. The van der Waals surface area contributed by atoms with E-state index < -0.39 is 6.10 Å². The summed E-state index contributed by atoms with van der Waals surface area (Å²) in [6.45, 7) is 1.82. The molecule has 0 aliphatic carbocycles. The molecule has 3 aromatic heterocycles. The first-order chi connectivity index (χ1) is 13.1. The number of halogens is 1. The Bertz CT molecular complexity index is 1060. The Hall–Kier alpha value is -3.33. The molecule has 136 valence electrons. The second-order valence-corrected chi connectivity index (χ2v) is 6.22. The first kappa shape index (κ1) is 17.1. The third kappa shape index (κ3) is 3.49. The lowest BCUT2D eigenvalue weighted by molar-refractivity contribution is 0.190. The zero-order chi connectivity index (χ0) is 18.8. The molecule has 0 aliphatic heterocycles. The van der Waals surface area contributed by atoms with Crippen molar-refractivity contribution < 1.29 is 4.74 Å². The SMILES string of the molecule is C[C@@H](Oc1nnc(-c2cccnc2)n1C)c1nnn(-c2cccc(Cl)c2)n1. The van der Waals surface area contributed by atoms with Crippen LogP contribution in [0, 0.1) is 0 Å². The lowest BCUT2D eigenvalue weighted by atomic mass is 10.3. The van der Waals surface area contributed by atoms with Gasteiger partial charge < -0.3 is 4.74 Å². The molecule has 4 aromatic rings. The summed E-state index contributed by atoms with van der Waals surface area (Å²) >= 11 is 6.01. The van der Waals surface area contributed by atoms with Crippen molar-refractivity contribution in [3.05, 3.63) is 59.6 Å². The maximum atomic E-state index is 6.01. The van der Waals surface area contributed by atoms with Crippen LogP contribution in [0.25, 0.3) is 17.1 Å². The number of aromatic nitrogens is 8. The van der Waals surface area contributed by atoms with E-state index in [-0.39, 0.29) is 0 Å². The predicted molar refractivity (Wildman–Crippen MR) is 97.4 cm³/mol. The number of hydrogen-bond donors (Lipinski definition) is 0. The van der Waals surface area contributed by atoms with Gasteiger partial charge in [-0.05, 0) is 42.5 Å². The van der Waals surface area contributed by atoms with E-state index in [0.29, 0.717) is 28.4 Å². The quantitative estimate of drug-likeness (QED) is 0.523. The van der Waals surface area contributed by atoms with E-state index in [4.69, 9.17) is 16.3 Å². The molecule has 9 nitrogen and oxygen atoms in total. The molecule has 0 radical (unpaired) electrons. The van der Waals surface area contributed by atoms with E-state index in [2.05, 4.69) is 30.6 Å². The molecule has 0 N–H and O–H groups in total. The lowest BCUT2D eigenvalue weighted by Gasteiger charge is -2.10. The predicted octanol–water partition coefficient (Wildman–Crippen LogP) is 2.65. The van der Waals surface area contributed by atoms with Gasteiger partial charge in [-0.1, -0.05) is 22.8 Å². The molecule has 0 unspecified atom stereocenters. The van der Waals surface area contributed by atoms with Crippen molar-refractivity contribution in [1.29, 1.82) is 0 Å². The topological polar surface area (TPSA) is 96.4 Å². The largest absolute Gasteiger partial charge is 0.452 e. The van der Waals surface area contributed by atoms with E-state index >= 15 is 0 Å². The average molecular weight is 383 g/mol. The number of ether oxygens (including phenoxy) is 1. The van der Waals surface area contributed by atoms with Crippen LogP contribution in [0.4, 0.5) is 0 Å². The molecule has 1 atom stereocenters. The van der Waals surface area contributed by atoms with Gasteiger partial charge in [0.2, 0.25) is 5.82 Å². The Labute approximate surface area is 159 Å². The van der Waals surface area contributed by atoms with E-state index in [0.717, 1.165) is 5.56 Å². The summed E-state index contributed by atoms with van der Waals surface area (Å²) in [6.07, 6.45) is 2.95. The van der Waals surface area contributed by atoms with Gasteiger partial charge in [-0.15, -0.1) is 20.1 Å². The van der Waals surface area contributed by atoms with Crippen molar-refractivity contribution in [1.82, 2.24) is 40.0 Å². The third-order valence-electron chi connectivity index (χ3n) is 3.87. The van der Waals surface area contributed by atoms with Crippen molar-refractivity contribution in [2.75, 3.05) is 0 Å². The Morgan fingerprint density at radius 2 is 2.00 bits per heavy atom. The number of nitrogens with zero attached hydrogens (tertiary/aromatic N) is 8. The van der Waals surface area contributed by atoms with Crippen LogP contribution in [0.3, 0.4) is 0 Å². The van der Waals surface area contributed by atoms with E-state index in [1.165, 1.54) is 4.80 Å². The number of hydrogen-bond acceptors (Lipinski definition) is 7. The molecule has 27 heavy (non-hydrogen) atoms. The van der Waals surface area contributed by atoms with Crippen LogP contribution in [0.1, 0.15) is 18.9 Å². The van der Waals surface area contributed by atoms with Crippen molar-refractivity contribution >= 4 is 11.6 Å². The van der Waals surface area contributed by atoms with Gasteiger partial charge >= 0.3 is 6.01 Å². The Morgan fingerprint density at radius 1 is 1.11 bits per heavy atom. The van der Waals surface area contributed by atoms with Crippen LogP contribution in [0.5, 0.6) is 6.01 Å². The Kier molecular flexibility index (Phi) is 4.51. The van der Waals surface area contributed by atoms with Crippen molar-refractivity contribution in [3.8, 4) is 23.1 Å². The summed E-state index contributed by atoms with van der Waals surface area (Å²) in [5, 5.41) is 21.3. The molecular weight excluding hydrogens is 368 g/mol. The normalized spacial score (nSPS) is 12.1. The zero-order valence-corrected chi connectivity index (χ0v) is 15.3. The summed E-state index contributed by atoms with van der Waals surface area (Å²) in [5.74, 6) is 1.07. The summed E-state index contributed by atoms with van der Waals surface area (Å²) < 4.78 is 7.62. The summed E-state index contributed by atoms with van der Waals surface area (Å²) in [4.78, 5) is 5.50. The Balaban J connectivity index is 1.53. The lowest BCUT2D eigenvalue weighted by Crippen LogP contribution is -2.09. The van der Waals surface area contributed by atoms with Crippen LogP contribution in [0.2, 0.25) is 5.02 Å². The molecule has 0 bridgehead atoms. The molecule has 0 amide bonds. The van der Waals surface area contributed by atoms with E-state index in [1.54, 1.807) is 29.1 Å². The second-order valence-electron chi connectivity index (χ2n) is 5.78. The fourth-order valence-electron chi connectivity index (χ4n) is 2.47. The number of tetrazole rings is 1. The maximum Gasteiger partial charge on any atom is 0.317 e. The molecule has 0 saturated carbocycles. The van der Waals surface area contributed by atoms with Gasteiger partial charge in [0.25, 0.3) is 0 Å². The number of pyridine rings is 1. The van der Waals surface area contributed by atoms with E-state index in [9.17, 15) is 0 Å². The van der Waals surface area contributed by atoms with E-state index in [1.807, 2.05) is 38.2 Å². The maximum absolute atomic E-state index is 6.01. The minimum Gasteiger partial charge on any atom is -0.452 e. The highest BCUT2D eigenvalue weighted by molar-refractivity contribution is 6.30. The standard InChI is InChI=1S/C17H15ClN8O/c1-11(15-20-24-26(23-15)14-7-3-6-13(18)9-14)27-17-22-21-16(25(17)2)12-5-4-8-19-10-12/h3-11H,1-2H3/t11-/m1/s1. The van der Waals surface area contributed by atoms with Crippen molar-refractivity contribution in [2.24, 2.45) is 7.05 Å². The van der Waals surface area contributed by atoms with Gasteiger partial charge in [0.15, 0.2) is 11.9 Å². The van der Waals surface area contributed by atoms with Crippen LogP contribution in [0.15, 0.2) is 48.8 Å². The molecular formula is C17H15ClN8O. The van der Waals surface area contributed by atoms with Crippen LogP contribution >= 0.6 is 11.6 Å². The molecule has 0 spiro atoms. The van der Waals surface area contributed by atoms with Gasteiger partial charge in [-0.2, -0.15) is 0 Å². The monoisotopic (exact) mass is 382 g/mol. The summed E-state index contributed by atoms with van der Waals surface area (Å²) in [5.41, 5.74) is 1.56. The first-order valence-electron chi connectivity index (χ1n) is 8.14. The molecule has 0 saturated heterocycles. The zero-order valence-electron chi connectivity index (χ0n) is 14.6. The smallest absolute Gasteiger partial charge is 0.317 e. The first-order valence-corrected chi connectivity index (χ1v) is 8.52. The van der Waals surface area contributed by atoms with Gasteiger partial charge in [0.1, 0.15) is 0 Å². The fraction of sp³-hybridized carbons (Fsp3) is 0.176. The van der Waals surface area contributed by atoms with Gasteiger partial charge in [0, 0.05) is 30.0 Å². The van der Waals surface area contributed by atoms with Gasteiger partial charge in [-0.3, -0.25) is 9.55 Å². The highest BCUT2D eigenvalue weighted by atomic mass is 35.5. The van der Waals surface area contributed by atoms with Crippen LogP contribution in [-0.2, 0) is 7.05 Å². The van der Waals surface area contributed by atoms with Crippen molar-refractivity contribution in [2.45, 2.75) is 13.0 Å². The molecule has 10 heteroatoms. The molecule has 3 heterocycles. The summed E-state index contributed by atoms with van der Waals surface area (Å²) in [6, 6.07) is 11.3. The highest BCUT2D eigenvalue weighted by Crippen LogP contribution is 2.22. The molecule has 0 fully saturated rings. The van der Waals surface area contributed by atoms with Crippen LogP contribution in [-0.4, -0.2) is 40.0 Å². The molecule has 1 aromatic carbocycles. The highest BCUT2D eigenvalue weighted by Gasteiger charge is 2.19. The minimum absolute atomic E-state index is 0.348. The Morgan fingerprint density at radius 3 is 2.78 bits per heavy atom. The molecule has 0 aliphatic rings. The van der Waals surface area contributed by atoms with Crippen LogP contribution < -0.4 is 4.74 Å². The van der Waals surface area contributed by atoms with Crippen molar-refractivity contribution in [3.63, 3.8) is 0 Å². The number of rotatable bonds is 5. The second kappa shape index (κ2) is 7.12. The minimum atomic E-state index is -0.470. The average Bonchev–Trinajstić information content (AvgIpc) is 3.31. The summed E-state index contributed by atoms with van der Waals surface area (Å²) in [7, 11) is 1.82. The third-order valence-corrected chi connectivity index (χ3v) is 4.10. The van der Waals surface area contributed by atoms with Gasteiger partial charge in [-0.25, -0.2) is 0 Å².